The van der Waals surface area contributed by atoms with Crippen LogP contribution in [0.15, 0.2) is 35.2 Å². The summed E-state index contributed by atoms with van der Waals surface area (Å²) in [7, 11) is -4.41. The summed E-state index contributed by atoms with van der Waals surface area (Å²) in [6.07, 6.45) is 1.34. The number of rotatable bonds is 3. The molecule has 2 aromatic carbocycles. The molecule has 0 unspecified atom stereocenters. The number of hydrogen-bond donors (Lipinski definition) is 0. The Kier molecular flexibility index (Phi) is 5.59. The van der Waals surface area contributed by atoms with Gasteiger partial charge in [0.2, 0.25) is 0 Å². The third kappa shape index (κ3) is 3.38. The minimum absolute atomic E-state index is 0. The van der Waals surface area contributed by atoms with E-state index in [1.165, 1.54) is 6.07 Å². The maximum atomic E-state index is 11.3. The van der Waals surface area contributed by atoms with Crippen molar-refractivity contribution in [2.75, 3.05) is 0 Å². The first kappa shape index (κ1) is 16.7. The van der Waals surface area contributed by atoms with Crippen molar-refractivity contribution >= 4 is 20.9 Å². The van der Waals surface area contributed by atoms with Gasteiger partial charge in [-0.05, 0) is 46.9 Å². The van der Waals surface area contributed by atoms with Gasteiger partial charge in [-0.25, -0.2) is 8.42 Å². The zero-order chi connectivity index (χ0) is 13.3. The molecule has 19 heavy (non-hydrogen) atoms. The number of hydrogen-bond acceptors (Lipinski definition) is 3. The van der Waals surface area contributed by atoms with Gasteiger partial charge in [0.05, 0.1) is 4.90 Å². The van der Waals surface area contributed by atoms with E-state index in [4.69, 9.17) is 0 Å². The molecule has 2 aromatic rings. The van der Waals surface area contributed by atoms with Gasteiger partial charge in [-0.15, -0.1) is 0 Å². The molecule has 5 heteroatoms. The number of benzene rings is 2. The summed E-state index contributed by atoms with van der Waals surface area (Å²) in [6, 6.07) is 9.17. The molecule has 3 nitrogen and oxygen atoms in total. The Balaban J connectivity index is 0.00000180. The van der Waals surface area contributed by atoms with Crippen molar-refractivity contribution in [2.45, 2.75) is 31.6 Å². The van der Waals surface area contributed by atoms with Gasteiger partial charge in [-0.2, -0.15) is 0 Å². The van der Waals surface area contributed by atoms with Crippen molar-refractivity contribution in [3.63, 3.8) is 0 Å². The summed E-state index contributed by atoms with van der Waals surface area (Å²) in [4.78, 5) is -0.0848. The van der Waals surface area contributed by atoms with E-state index >= 15 is 0 Å². The van der Waals surface area contributed by atoms with Crippen LogP contribution in [0, 0.1) is 0 Å². The molecule has 0 saturated heterocycles. The summed E-state index contributed by atoms with van der Waals surface area (Å²) in [5.41, 5.74) is 1.64. The van der Waals surface area contributed by atoms with E-state index in [9.17, 15) is 13.0 Å². The summed E-state index contributed by atoms with van der Waals surface area (Å²) in [5, 5.41) is 1.84. The van der Waals surface area contributed by atoms with E-state index in [2.05, 4.69) is 0 Å². The molecule has 0 fully saturated rings. The van der Waals surface area contributed by atoms with Crippen molar-refractivity contribution in [1.29, 1.82) is 0 Å². The molecule has 0 radical (unpaired) electrons. The fourth-order valence-corrected chi connectivity index (χ4v) is 3.02. The van der Waals surface area contributed by atoms with Crippen LogP contribution in [-0.4, -0.2) is 13.0 Å². The van der Waals surface area contributed by atoms with Gasteiger partial charge in [0.25, 0.3) is 0 Å². The fraction of sp³-hybridized carbons (Fsp3) is 0.286. The Morgan fingerprint density at radius 1 is 1.05 bits per heavy atom. The molecule has 0 aliphatic heterocycles. The van der Waals surface area contributed by atoms with Crippen molar-refractivity contribution in [2.24, 2.45) is 0 Å². The second-order valence-corrected chi connectivity index (χ2v) is 5.61. The van der Waals surface area contributed by atoms with E-state index in [0.717, 1.165) is 22.8 Å². The molecule has 0 atom stereocenters. The second-order valence-electron chi connectivity index (χ2n) is 4.26. The fourth-order valence-electron chi connectivity index (χ4n) is 2.23. The molecule has 0 aromatic heterocycles. The molecule has 0 N–H and O–H groups in total. The first-order valence-electron chi connectivity index (χ1n) is 5.97. The van der Waals surface area contributed by atoms with E-state index in [-0.39, 0.29) is 34.5 Å². The number of aryl methyl sites for hydroxylation is 2. The third-order valence-electron chi connectivity index (χ3n) is 3.18. The summed E-state index contributed by atoms with van der Waals surface area (Å²) in [5.74, 6) is 0. The Bertz CT molecular complexity index is 693. The van der Waals surface area contributed by atoms with Gasteiger partial charge in [0.1, 0.15) is 10.1 Å². The maximum Gasteiger partial charge on any atom is 1.00 e. The third-order valence-corrected chi connectivity index (χ3v) is 4.10. The standard InChI is InChI=1S/C14H16O3S.Na/c1-3-10-6-5-7-12-8-11(4-2)14(9-13(10)12)18(15,16)17;/h5-9H,3-4H2,1-2H3,(H,15,16,17);/q;+1/p-1. The smallest absolute Gasteiger partial charge is 0.744 e. The predicted octanol–water partition coefficient (Wildman–Crippen LogP) is -0.127. The van der Waals surface area contributed by atoms with Crippen LogP contribution in [0.25, 0.3) is 10.8 Å². The molecule has 0 heterocycles. The molecule has 96 valence electrons. The SMILES string of the molecule is CCc1cc2cccc(CC)c2cc1S(=O)(=O)[O-].[Na+]. The van der Waals surface area contributed by atoms with Crippen molar-refractivity contribution < 1.29 is 42.5 Å². The van der Waals surface area contributed by atoms with Gasteiger partial charge in [0.15, 0.2) is 0 Å². The van der Waals surface area contributed by atoms with Crippen LogP contribution in [0.5, 0.6) is 0 Å². The molecule has 0 aliphatic rings. The molecule has 0 saturated carbocycles. The van der Waals surface area contributed by atoms with E-state index in [0.29, 0.717) is 12.0 Å². The average molecular weight is 286 g/mol. The molecule has 0 bridgehead atoms. The van der Waals surface area contributed by atoms with E-state index < -0.39 is 10.1 Å². The zero-order valence-corrected chi connectivity index (χ0v) is 14.3. The largest absolute Gasteiger partial charge is 1.00 e. The zero-order valence-electron chi connectivity index (χ0n) is 11.4. The monoisotopic (exact) mass is 286 g/mol. The Labute approximate surface area is 136 Å². The predicted molar refractivity (Wildman–Crippen MR) is 70.7 cm³/mol. The molecular weight excluding hydrogens is 271 g/mol. The molecule has 0 amide bonds. The first-order chi connectivity index (χ1) is 8.47. The molecular formula is C14H15NaO3S. The normalized spacial score (nSPS) is 11.3. The van der Waals surface area contributed by atoms with Crippen LogP contribution in [-0.2, 0) is 23.0 Å². The Morgan fingerprint density at radius 2 is 1.68 bits per heavy atom. The maximum absolute atomic E-state index is 11.3. The van der Waals surface area contributed by atoms with Gasteiger partial charge >= 0.3 is 29.6 Å². The van der Waals surface area contributed by atoms with E-state index in [1.807, 2.05) is 32.0 Å². The van der Waals surface area contributed by atoms with Crippen LogP contribution in [0.1, 0.15) is 25.0 Å². The van der Waals surface area contributed by atoms with Crippen molar-refractivity contribution in [1.82, 2.24) is 0 Å². The number of fused-ring (bicyclic) bond motifs is 1. The van der Waals surface area contributed by atoms with Gasteiger partial charge < -0.3 is 4.55 Å². The van der Waals surface area contributed by atoms with Crippen LogP contribution >= 0.6 is 0 Å². The first-order valence-corrected chi connectivity index (χ1v) is 7.38. The average Bonchev–Trinajstić information content (AvgIpc) is 2.35. The summed E-state index contributed by atoms with van der Waals surface area (Å²) >= 11 is 0. The van der Waals surface area contributed by atoms with Gasteiger partial charge in [0, 0.05) is 0 Å². The second kappa shape index (κ2) is 6.37. The topological polar surface area (TPSA) is 57.2 Å². The molecule has 2 rings (SSSR count). The van der Waals surface area contributed by atoms with Crippen LogP contribution < -0.4 is 29.6 Å². The van der Waals surface area contributed by atoms with Gasteiger partial charge in [-0.3, -0.25) is 0 Å². The molecule has 0 spiro atoms. The minimum Gasteiger partial charge on any atom is -0.744 e. The molecule has 0 aliphatic carbocycles. The minimum atomic E-state index is -4.41. The van der Waals surface area contributed by atoms with Crippen LogP contribution in [0.2, 0.25) is 0 Å². The van der Waals surface area contributed by atoms with Crippen LogP contribution in [0.4, 0.5) is 0 Å². The van der Waals surface area contributed by atoms with Crippen molar-refractivity contribution in [3.8, 4) is 0 Å². The van der Waals surface area contributed by atoms with Crippen molar-refractivity contribution in [3.05, 3.63) is 41.5 Å². The Hall–Kier alpha value is -0.390. The quantitative estimate of drug-likeness (QED) is 0.583. The summed E-state index contributed by atoms with van der Waals surface area (Å²) < 4.78 is 33.9. The van der Waals surface area contributed by atoms with E-state index in [1.54, 1.807) is 6.07 Å². The Morgan fingerprint density at radius 3 is 2.21 bits per heavy atom. The van der Waals surface area contributed by atoms with Gasteiger partial charge in [-0.1, -0.05) is 32.0 Å². The summed E-state index contributed by atoms with van der Waals surface area (Å²) in [6.45, 7) is 3.85. The van der Waals surface area contributed by atoms with Crippen LogP contribution in [0.3, 0.4) is 0 Å².